The van der Waals surface area contributed by atoms with Gasteiger partial charge in [-0.15, -0.1) is 0 Å². The van der Waals surface area contributed by atoms with Crippen molar-refractivity contribution < 1.29 is 14.3 Å². The van der Waals surface area contributed by atoms with Crippen LogP contribution in [0, 0.1) is 11.3 Å². The SMILES string of the molecule is N#Cc1ccc(OC2CCC(NC(=O)c3ccc(CCCCCC=O)cc3)CC2)cc1Cl. The molecule has 2 aromatic carbocycles. The number of rotatable bonds is 10. The number of nitriles is 1. The van der Waals surface area contributed by atoms with E-state index < -0.39 is 0 Å². The number of carbonyl (C=O) groups excluding carboxylic acids is 2. The summed E-state index contributed by atoms with van der Waals surface area (Å²) in [6, 6.07) is 15.1. The number of benzene rings is 2. The smallest absolute Gasteiger partial charge is 0.251 e. The maximum absolute atomic E-state index is 12.6. The number of nitrogens with zero attached hydrogens (tertiary/aromatic N) is 1. The van der Waals surface area contributed by atoms with E-state index in [1.54, 1.807) is 18.2 Å². The monoisotopic (exact) mass is 452 g/mol. The topological polar surface area (TPSA) is 79.2 Å². The van der Waals surface area contributed by atoms with E-state index in [-0.39, 0.29) is 18.1 Å². The fourth-order valence-electron chi connectivity index (χ4n) is 4.00. The fraction of sp³-hybridized carbons (Fsp3) is 0.423. The molecule has 0 spiro atoms. The van der Waals surface area contributed by atoms with Crippen LogP contribution in [0.15, 0.2) is 42.5 Å². The van der Waals surface area contributed by atoms with E-state index in [1.807, 2.05) is 30.3 Å². The first kappa shape index (κ1) is 23.8. The molecule has 5 nitrogen and oxygen atoms in total. The predicted molar refractivity (Wildman–Crippen MR) is 125 cm³/mol. The maximum atomic E-state index is 12.6. The van der Waals surface area contributed by atoms with E-state index in [1.165, 1.54) is 5.56 Å². The first-order valence-corrected chi connectivity index (χ1v) is 11.7. The number of hydrogen-bond donors (Lipinski definition) is 1. The highest BCUT2D eigenvalue weighted by atomic mass is 35.5. The number of amides is 1. The average molecular weight is 453 g/mol. The molecule has 0 saturated heterocycles. The Balaban J connectivity index is 1.40. The fourth-order valence-corrected chi connectivity index (χ4v) is 4.22. The van der Waals surface area contributed by atoms with Crippen LogP contribution in [0.3, 0.4) is 0 Å². The van der Waals surface area contributed by atoms with Crippen molar-refractivity contribution in [3.05, 3.63) is 64.2 Å². The Bertz CT molecular complexity index is 945. The van der Waals surface area contributed by atoms with Crippen molar-refractivity contribution in [3.63, 3.8) is 0 Å². The lowest BCUT2D eigenvalue weighted by atomic mass is 9.92. The molecule has 0 unspecified atom stereocenters. The Hall–Kier alpha value is -2.84. The van der Waals surface area contributed by atoms with Crippen LogP contribution in [0.2, 0.25) is 5.02 Å². The average Bonchev–Trinajstić information content (AvgIpc) is 2.81. The van der Waals surface area contributed by atoms with Crippen molar-refractivity contribution in [2.45, 2.75) is 69.9 Å². The van der Waals surface area contributed by atoms with Gasteiger partial charge in [0.15, 0.2) is 0 Å². The van der Waals surface area contributed by atoms with E-state index in [9.17, 15) is 9.59 Å². The van der Waals surface area contributed by atoms with Gasteiger partial charge in [-0.1, -0.05) is 30.2 Å². The van der Waals surface area contributed by atoms with Crippen molar-refractivity contribution in [2.75, 3.05) is 0 Å². The van der Waals surface area contributed by atoms with Gasteiger partial charge in [0, 0.05) is 24.1 Å². The van der Waals surface area contributed by atoms with Gasteiger partial charge in [-0.05, 0) is 74.8 Å². The molecule has 0 atom stereocenters. The molecule has 1 amide bonds. The van der Waals surface area contributed by atoms with Gasteiger partial charge in [-0.3, -0.25) is 4.79 Å². The minimum atomic E-state index is -0.0363. The molecule has 0 radical (unpaired) electrons. The summed E-state index contributed by atoms with van der Waals surface area (Å²) in [6.45, 7) is 0. The number of nitrogens with one attached hydrogen (secondary N) is 1. The molecule has 6 heteroatoms. The van der Waals surface area contributed by atoms with Gasteiger partial charge in [0.2, 0.25) is 0 Å². The molecule has 0 heterocycles. The number of unbranched alkanes of at least 4 members (excludes halogenated alkanes) is 3. The van der Waals surface area contributed by atoms with Crippen LogP contribution in [0.4, 0.5) is 0 Å². The Labute approximate surface area is 194 Å². The summed E-state index contributed by atoms with van der Waals surface area (Å²) in [5.74, 6) is 0.635. The lowest BCUT2D eigenvalue weighted by Crippen LogP contribution is -2.39. The number of hydrogen-bond acceptors (Lipinski definition) is 4. The molecule has 168 valence electrons. The van der Waals surface area contributed by atoms with Gasteiger partial charge in [-0.25, -0.2) is 0 Å². The molecule has 1 aliphatic carbocycles. The van der Waals surface area contributed by atoms with Crippen LogP contribution < -0.4 is 10.1 Å². The van der Waals surface area contributed by atoms with Crippen LogP contribution in [0.1, 0.15) is 72.9 Å². The minimum Gasteiger partial charge on any atom is -0.490 e. The van der Waals surface area contributed by atoms with Crippen LogP contribution in [0.25, 0.3) is 0 Å². The molecular weight excluding hydrogens is 424 g/mol. The quantitative estimate of drug-likeness (QED) is 0.374. The second kappa shape index (κ2) is 12.3. The van der Waals surface area contributed by atoms with E-state index in [0.29, 0.717) is 28.3 Å². The van der Waals surface area contributed by atoms with Gasteiger partial charge >= 0.3 is 0 Å². The molecule has 1 N–H and O–H groups in total. The van der Waals surface area contributed by atoms with Crippen LogP contribution >= 0.6 is 11.6 Å². The highest BCUT2D eigenvalue weighted by molar-refractivity contribution is 6.31. The molecule has 0 bridgehead atoms. The van der Waals surface area contributed by atoms with E-state index in [2.05, 4.69) is 5.32 Å². The standard InChI is InChI=1S/C26H29ClN2O3/c27-25-17-24(13-10-21(25)18-28)32-23-14-11-22(12-15-23)29-26(31)20-8-6-19(7-9-20)5-3-1-2-4-16-30/h6-10,13,16-17,22-23H,1-5,11-12,14-15H2,(H,29,31). The number of ether oxygens (including phenoxy) is 1. The Morgan fingerprint density at radius 3 is 2.50 bits per heavy atom. The van der Waals surface area contributed by atoms with E-state index in [4.69, 9.17) is 21.6 Å². The largest absolute Gasteiger partial charge is 0.490 e. The summed E-state index contributed by atoms with van der Waals surface area (Å²) >= 11 is 6.08. The molecule has 2 aromatic rings. The number of aldehydes is 1. The van der Waals surface area contributed by atoms with Crippen molar-refractivity contribution in [3.8, 4) is 11.8 Å². The first-order valence-electron chi connectivity index (χ1n) is 11.3. The third kappa shape index (κ3) is 7.10. The van der Waals surface area contributed by atoms with Gasteiger partial charge in [0.1, 0.15) is 18.1 Å². The van der Waals surface area contributed by atoms with Crippen molar-refractivity contribution in [1.29, 1.82) is 5.26 Å². The number of halogens is 1. The summed E-state index contributed by atoms with van der Waals surface area (Å²) in [5.41, 5.74) is 2.33. The predicted octanol–water partition coefficient (Wildman–Crippen LogP) is 5.63. The Morgan fingerprint density at radius 1 is 1.09 bits per heavy atom. The summed E-state index contributed by atoms with van der Waals surface area (Å²) in [5, 5.41) is 12.5. The van der Waals surface area contributed by atoms with Gasteiger partial charge in [-0.2, -0.15) is 5.26 Å². The molecule has 1 saturated carbocycles. The second-order valence-corrected chi connectivity index (χ2v) is 8.69. The van der Waals surface area contributed by atoms with E-state index >= 15 is 0 Å². The highest BCUT2D eigenvalue weighted by Gasteiger charge is 2.24. The van der Waals surface area contributed by atoms with Crippen LogP contribution in [-0.2, 0) is 11.2 Å². The van der Waals surface area contributed by atoms with Gasteiger partial charge in [0.05, 0.1) is 16.7 Å². The lowest BCUT2D eigenvalue weighted by Gasteiger charge is -2.29. The number of carbonyl (C=O) groups is 2. The summed E-state index contributed by atoms with van der Waals surface area (Å²) in [7, 11) is 0. The zero-order valence-corrected chi connectivity index (χ0v) is 18.9. The molecular formula is C26H29ClN2O3. The molecule has 1 fully saturated rings. The highest BCUT2D eigenvalue weighted by Crippen LogP contribution is 2.27. The zero-order valence-electron chi connectivity index (χ0n) is 18.2. The van der Waals surface area contributed by atoms with Crippen molar-refractivity contribution in [2.24, 2.45) is 0 Å². The molecule has 0 aliphatic heterocycles. The Morgan fingerprint density at radius 2 is 1.84 bits per heavy atom. The van der Waals surface area contributed by atoms with Crippen molar-refractivity contribution >= 4 is 23.8 Å². The van der Waals surface area contributed by atoms with Crippen LogP contribution in [-0.4, -0.2) is 24.3 Å². The molecule has 3 rings (SSSR count). The van der Waals surface area contributed by atoms with Gasteiger partial charge < -0.3 is 14.8 Å². The van der Waals surface area contributed by atoms with E-state index in [0.717, 1.165) is 57.7 Å². The summed E-state index contributed by atoms with van der Waals surface area (Å²) < 4.78 is 6.02. The third-order valence-corrected chi connectivity index (χ3v) is 6.19. The summed E-state index contributed by atoms with van der Waals surface area (Å²) in [4.78, 5) is 23.0. The second-order valence-electron chi connectivity index (χ2n) is 8.28. The minimum absolute atomic E-state index is 0.0363. The third-order valence-electron chi connectivity index (χ3n) is 5.88. The number of aryl methyl sites for hydroxylation is 1. The first-order chi connectivity index (χ1) is 15.6. The Kier molecular flexibility index (Phi) is 9.13. The molecule has 32 heavy (non-hydrogen) atoms. The maximum Gasteiger partial charge on any atom is 0.251 e. The lowest BCUT2D eigenvalue weighted by molar-refractivity contribution is -0.107. The van der Waals surface area contributed by atoms with Gasteiger partial charge in [0.25, 0.3) is 5.91 Å². The molecule has 1 aliphatic rings. The van der Waals surface area contributed by atoms with Crippen LogP contribution in [0.5, 0.6) is 5.75 Å². The zero-order chi connectivity index (χ0) is 22.8. The molecule has 0 aromatic heterocycles. The normalized spacial score (nSPS) is 17.9. The van der Waals surface area contributed by atoms with Crippen molar-refractivity contribution in [1.82, 2.24) is 5.32 Å². The summed E-state index contributed by atoms with van der Waals surface area (Å²) in [6.07, 6.45) is 9.13.